The second kappa shape index (κ2) is 8.27. The number of hydrogen-bond acceptors (Lipinski definition) is 4. The Labute approximate surface area is 170 Å². The lowest BCUT2D eigenvalue weighted by Crippen LogP contribution is -2.28. The molecule has 156 valence electrons. The summed E-state index contributed by atoms with van der Waals surface area (Å²) in [4.78, 5) is 13.0. The predicted molar refractivity (Wildman–Crippen MR) is 107 cm³/mol. The molecule has 3 aromatic rings. The molecule has 1 aliphatic heterocycles. The quantitative estimate of drug-likeness (QED) is 0.590. The molecule has 2 heterocycles. The molecule has 9 heteroatoms. The van der Waals surface area contributed by atoms with E-state index in [0.29, 0.717) is 16.6 Å². The van der Waals surface area contributed by atoms with E-state index < -0.39 is 29.8 Å². The number of fused-ring (bicyclic) bond motifs is 1. The van der Waals surface area contributed by atoms with Crippen molar-refractivity contribution in [3.63, 3.8) is 0 Å². The smallest absolute Gasteiger partial charge is 0.266 e. The fraction of sp³-hybridized carbons (Fsp3) is 0.286. The molecule has 3 N–H and O–H groups in total. The number of hydrogen-bond donors (Lipinski definition) is 3. The molecule has 0 spiro atoms. The zero-order chi connectivity index (χ0) is 21.3. The molecule has 30 heavy (non-hydrogen) atoms. The summed E-state index contributed by atoms with van der Waals surface area (Å²) in [6, 6.07) is 6.56. The summed E-state index contributed by atoms with van der Waals surface area (Å²) >= 11 is 0. The van der Waals surface area contributed by atoms with E-state index in [0.717, 1.165) is 36.7 Å². The van der Waals surface area contributed by atoms with Crippen LogP contribution in [0, 0.1) is 5.82 Å². The van der Waals surface area contributed by atoms with Crippen molar-refractivity contribution in [3.05, 3.63) is 64.5 Å². The van der Waals surface area contributed by atoms with Crippen LogP contribution in [0.25, 0.3) is 16.6 Å². The standard InChI is InChI=1S/C21H20F3N5O/c1-11(14-3-2-4-15(18(14)22)20(23)24)26-21(30)16-9-13(12-5-7-25-8-6-12)10-17-19(16)28-29-27-17/h2-5,9-11,20,25H,6-8H2,1H3,(H,26,30)(H,27,28,29)/t11-/m1/s1. The third-order valence-corrected chi connectivity index (χ3v) is 5.22. The maximum Gasteiger partial charge on any atom is 0.266 e. The van der Waals surface area contributed by atoms with Crippen molar-refractivity contribution in [1.29, 1.82) is 0 Å². The second-order valence-corrected chi connectivity index (χ2v) is 7.16. The van der Waals surface area contributed by atoms with Gasteiger partial charge >= 0.3 is 0 Å². The van der Waals surface area contributed by atoms with Crippen LogP contribution in [0.3, 0.4) is 0 Å². The number of aromatic amines is 1. The normalized spacial score (nSPS) is 15.3. The van der Waals surface area contributed by atoms with Crippen LogP contribution < -0.4 is 10.6 Å². The van der Waals surface area contributed by atoms with Gasteiger partial charge in [-0.2, -0.15) is 0 Å². The van der Waals surface area contributed by atoms with Gasteiger partial charge in [-0.15, -0.1) is 5.10 Å². The highest BCUT2D eigenvalue weighted by Gasteiger charge is 2.22. The average Bonchev–Trinajstić information content (AvgIpc) is 3.22. The van der Waals surface area contributed by atoms with Crippen LogP contribution in [0.2, 0.25) is 0 Å². The molecule has 1 amide bonds. The fourth-order valence-electron chi connectivity index (χ4n) is 3.62. The van der Waals surface area contributed by atoms with Crippen molar-refractivity contribution >= 4 is 22.5 Å². The van der Waals surface area contributed by atoms with Crippen LogP contribution in [-0.4, -0.2) is 34.4 Å². The summed E-state index contributed by atoms with van der Waals surface area (Å²) in [5, 5.41) is 16.5. The van der Waals surface area contributed by atoms with E-state index in [4.69, 9.17) is 0 Å². The van der Waals surface area contributed by atoms with E-state index in [2.05, 4.69) is 32.1 Å². The summed E-state index contributed by atoms with van der Waals surface area (Å²) in [7, 11) is 0. The number of nitrogens with one attached hydrogen (secondary N) is 3. The minimum absolute atomic E-state index is 0.00246. The number of aromatic nitrogens is 3. The molecule has 0 fully saturated rings. The topological polar surface area (TPSA) is 82.7 Å². The Hall–Kier alpha value is -3.20. The van der Waals surface area contributed by atoms with Crippen molar-refractivity contribution in [2.75, 3.05) is 13.1 Å². The number of alkyl halides is 2. The Bertz CT molecular complexity index is 1130. The highest BCUT2D eigenvalue weighted by Crippen LogP contribution is 2.29. The number of nitrogens with zero attached hydrogens (tertiary/aromatic N) is 2. The Kier molecular flexibility index (Phi) is 5.54. The minimum atomic E-state index is -2.93. The molecule has 0 aliphatic carbocycles. The van der Waals surface area contributed by atoms with Gasteiger partial charge in [0.2, 0.25) is 0 Å². The summed E-state index contributed by atoms with van der Waals surface area (Å²) in [5.41, 5.74) is 2.57. The molecule has 0 saturated heterocycles. The number of halogens is 3. The van der Waals surface area contributed by atoms with E-state index in [1.54, 1.807) is 13.0 Å². The predicted octanol–water partition coefficient (Wildman–Crippen LogP) is 3.90. The monoisotopic (exact) mass is 415 g/mol. The Balaban J connectivity index is 1.66. The number of H-pyrrole nitrogens is 1. The molecule has 6 nitrogen and oxygen atoms in total. The van der Waals surface area contributed by atoms with E-state index in [-0.39, 0.29) is 5.56 Å². The zero-order valence-corrected chi connectivity index (χ0v) is 16.2. The van der Waals surface area contributed by atoms with Crippen molar-refractivity contribution in [2.24, 2.45) is 0 Å². The van der Waals surface area contributed by atoms with Crippen LogP contribution >= 0.6 is 0 Å². The summed E-state index contributed by atoms with van der Waals surface area (Å²) < 4.78 is 40.5. The van der Waals surface area contributed by atoms with Crippen molar-refractivity contribution in [1.82, 2.24) is 26.0 Å². The molecule has 2 aromatic carbocycles. The molecule has 1 aromatic heterocycles. The van der Waals surface area contributed by atoms with Crippen LogP contribution in [0.5, 0.6) is 0 Å². The maximum absolute atomic E-state index is 14.5. The molecular weight excluding hydrogens is 395 g/mol. The van der Waals surface area contributed by atoms with E-state index in [9.17, 15) is 18.0 Å². The van der Waals surface area contributed by atoms with Crippen LogP contribution in [0.15, 0.2) is 36.4 Å². The van der Waals surface area contributed by atoms with E-state index >= 15 is 0 Å². The number of rotatable bonds is 5. The lowest BCUT2D eigenvalue weighted by Gasteiger charge is -2.18. The first kappa shape index (κ1) is 20.1. The van der Waals surface area contributed by atoms with E-state index in [1.807, 2.05) is 6.07 Å². The highest BCUT2D eigenvalue weighted by atomic mass is 19.3. The molecule has 0 saturated carbocycles. The number of amides is 1. The second-order valence-electron chi connectivity index (χ2n) is 7.16. The average molecular weight is 415 g/mol. The Morgan fingerprint density at radius 1 is 1.23 bits per heavy atom. The van der Waals surface area contributed by atoms with Gasteiger partial charge in [0, 0.05) is 12.1 Å². The van der Waals surface area contributed by atoms with Gasteiger partial charge in [0.1, 0.15) is 11.3 Å². The van der Waals surface area contributed by atoms with Gasteiger partial charge in [-0.1, -0.05) is 29.5 Å². The van der Waals surface area contributed by atoms with Gasteiger partial charge in [0.15, 0.2) is 0 Å². The van der Waals surface area contributed by atoms with Gasteiger partial charge in [0.25, 0.3) is 12.3 Å². The van der Waals surface area contributed by atoms with Gasteiger partial charge in [-0.25, -0.2) is 13.2 Å². The molecule has 4 rings (SSSR count). The molecule has 0 unspecified atom stereocenters. The summed E-state index contributed by atoms with van der Waals surface area (Å²) in [5.74, 6) is -1.49. The molecule has 1 aliphatic rings. The fourth-order valence-corrected chi connectivity index (χ4v) is 3.62. The van der Waals surface area contributed by atoms with Gasteiger partial charge in [0.05, 0.1) is 22.7 Å². The number of benzene rings is 2. The lowest BCUT2D eigenvalue weighted by molar-refractivity contribution is 0.0940. The summed E-state index contributed by atoms with van der Waals surface area (Å²) in [6.45, 7) is 3.12. The van der Waals surface area contributed by atoms with Crippen LogP contribution in [-0.2, 0) is 0 Å². The lowest BCUT2D eigenvalue weighted by atomic mass is 9.97. The number of carbonyl (C=O) groups is 1. The SMILES string of the molecule is C[C@@H](NC(=O)c1cc(C2=CCNCC2)cc2nn[nH]c12)c1cccc(C(F)F)c1F. The van der Waals surface area contributed by atoms with Gasteiger partial charge in [-0.05, 0) is 43.2 Å². The first-order valence-electron chi connectivity index (χ1n) is 9.58. The largest absolute Gasteiger partial charge is 0.345 e. The van der Waals surface area contributed by atoms with Gasteiger partial charge < -0.3 is 10.6 Å². The third kappa shape index (κ3) is 3.80. The van der Waals surface area contributed by atoms with Crippen molar-refractivity contribution in [3.8, 4) is 0 Å². The van der Waals surface area contributed by atoms with Crippen LogP contribution in [0.4, 0.5) is 13.2 Å². The van der Waals surface area contributed by atoms with Gasteiger partial charge in [-0.3, -0.25) is 9.89 Å². The maximum atomic E-state index is 14.5. The Morgan fingerprint density at radius 2 is 2.03 bits per heavy atom. The molecule has 0 bridgehead atoms. The first-order valence-corrected chi connectivity index (χ1v) is 9.58. The Morgan fingerprint density at radius 3 is 2.77 bits per heavy atom. The van der Waals surface area contributed by atoms with Crippen molar-refractivity contribution in [2.45, 2.75) is 25.8 Å². The van der Waals surface area contributed by atoms with E-state index in [1.165, 1.54) is 12.1 Å². The molecule has 1 atom stereocenters. The highest BCUT2D eigenvalue weighted by molar-refractivity contribution is 6.06. The number of carbonyl (C=O) groups excluding carboxylic acids is 1. The zero-order valence-electron chi connectivity index (χ0n) is 16.2. The first-order chi connectivity index (χ1) is 14.5. The molecular formula is C21H20F3N5O. The third-order valence-electron chi connectivity index (χ3n) is 5.22. The van der Waals surface area contributed by atoms with Crippen molar-refractivity contribution < 1.29 is 18.0 Å². The summed E-state index contributed by atoms with van der Waals surface area (Å²) in [6.07, 6.45) is -0.0642. The molecule has 0 radical (unpaired) electrons. The minimum Gasteiger partial charge on any atom is -0.345 e. The van der Waals surface area contributed by atoms with Crippen LogP contribution in [0.1, 0.15) is 52.9 Å².